The molecular weight excluding hydrogens is 345 g/mol. The fraction of sp³-hybridized carbons (Fsp3) is 0.222. The van der Waals surface area contributed by atoms with E-state index in [0.717, 1.165) is 4.88 Å². The van der Waals surface area contributed by atoms with E-state index in [1.807, 2.05) is 17.5 Å². The Morgan fingerprint density at radius 2 is 2.20 bits per heavy atom. The highest BCUT2D eigenvalue weighted by Crippen LogP contribution is 2.26. The van der Waals surface area contributed by atoms with Crippen LogP contribution in [-0.4, -0.2) is 18.1 Å². The molecule has 0 N–H and O–H groups in total. The monoisotopic (exact) mass is 361 g/mol. The van der Waals surface area contributed by atoms with E-state index in [4.69, 9.17) is 13.9 Å². The number of thiophene rings is 1. The third kappa shape index (κ3) is 4.06. The first kappa shape index (κ1) is 17.2. The van der Waals surface area contributed by atoms with Gasteiger partial charge >= 0.3 is 5.97 Å². The Bertz CT molecular complexity index is 873. The second-order valence-electron chi connectivity index (χ2n) is 5.29. The first-order valence-electron chi connectivity index (χ1n) is 7.55. The molecule has 2 aromatic heterocycles. The number of carbonyl (C=O) groups excluding carboxylic acids is 1. The van der Waals surface area contributed by atoms with Gasteiger partial charge in [0.05, 0.1) is 24.1 Å². The number of aryl methyl sites for hydroxylation is 1. The number of oxazole rings is 1. The van der Waals surface area contributed by atoms with Gasteiger partial charge in [-0.15, -0.1) is 11.3 Å². The fourth-order valence-corrected chi connectivity index (χ4v) is 2.95. The molecule has 0 unspecified atom stereocenters. The summed E-state index contributed by atoms with van der Waals surface area (Å²) in [5.74, 6) is 0.637. The van der Waals surface area contributed by atoms with Gasteiger partial charge in [0.2, 0.25) is 5.89 Å². The van der Waals surface area contributed by atoms with Crippen LogP contribution in [0.3, 0.4) is 0 Å². The molecule has 0 aliphatic rings. The Kier molecular flexibility index (Phi) is 5.14. The van der Waals surface area contributed by atoms with Crippen molar-refractivity contribution in [3.63, 3.8) is 0 Å². The van der Waals surface area contributed by atoms with Gasteiger partial charge in [-0.3, -0.25) is 4.79 Å². The highest BCUT2D eigenvalue weighted by molar-refractivity contribution is 7.13. The largest absolute Gasteiger partial charge is 0.496 e. The number of esters is 1. The summed E-state index contributed by atoms with van der Waals surface area (Å²) in [7, 11) is 1.48. The van der Waals surface area contributed by atoms with E-state index in [9.17, 15) is 9.18 Å². The molecule has 3 rings (SSSR count). The number of halogens is 1. The normalized spacial score (nSPS) is 10.7. The summed E-state index contributed by atoms with van der Waals surface area (Å²) in [5, 5.41) is 1.93. The fourth-order valence-electron chi connectivity index (χ4n) is 2.30. The van der Waals surface area contributed by atoms with Crippen LogP contribution in [0, 0.1) is 12.7 Å². The summed E-state index contributed by atoms with van der Waals surface area (Å²) in [4.78, 5) is 17.3. The Hall–Kier alpha value is -2.67. The molecule has 25 heavy (non-hydrogen) atoms. The van der Waals surface area contributed by atoms with Crippen molar-refractivity contribution in [3.8, 4) is 16.5 Å². The molecule has 0 radical (unpaired) electrons. The number of nitrogens with zero attached hydrogens (tertiary/aromatic N) is 1. The molecule has 0 saturated heterocycles. The zero-order chi connectivity index (χ0) is 17.8. The van der Waals surface area contributed by atoms with E-state index < -0.39 is 11.8 Å². The number of hydrogen-bond donors (Lipinski definition) is 0. The molecule has 130 valence electrons. The van der Waals surface area contributed by atoms with Gasteiger partial charge in [-0.05, 0) is 36.6 Å². The average Bonchev–Trinajstić information content (AvgIpc) is 3.23. The number of benzene rings is 1. The molecule has 0 aliphatic heterocycles. The molecule has 0 spiro atoms. The van der Waals surface area contributed by atoms with Crippen LogP contribution in [0.5, 0.6) is 5.75 Å². The quantitative estimate of drug-likeness (QED) is 0.618. The Morgan fingerprint density at radius 1 is 1.36 bits per heavy atom. The van der Waals surface area contributed by atoms with Crippen molar-refractivity contribution in [3.05, 3.63) is 58.5 Å². The van der Waals surface area contributed by atoms with Gasteiger partial charge in [-0.1, -0.05) is 6.07 Å². The minimum absolute atomic E-state index is 0.0155. The topological polar surface area (TPSA) is 61.6 Å². The van der Waals surface area contributed by atoms with Crippen molar-refractivity contribution in [2.75, 3.05) is 7.11 Å². The van der Waals surface area contributed by atoms with Crippen LogP contribution in [0.15, 0.2) is 40.1 Å². The predicted octanol–water partition coefficient (Wildman–Crippen LogP) is 4.15. The van der Waals surface area contributed by atoms with Crippen molar-refractivity contribution >= 4 is 17.3 Å². The lowest BCUT2D eigenvalue weighted by atomic mass is 10.2. The Morgan fingerprint density at radius 3 is 2.92 bits per heavy atom. The van der Waals surface area contributed by atoms with Crippen LogP contribution in [0.4, 0.5) is 4.39 Å². The third-order valence-electron chi connectivity index (χ3n) is 3.57. The molecule has 7 heteroatoms. The maximum Gasteiger partial charge on any atom is 0.312 e. The SMILES string of the molecule is COc1ccc(F)cc1COC(=O)Cc1nc(-c2cccs2)oc1C. The lowest BCUT2D eigenvalue weighted by Crippen LogP contribution is -2.09. The zero-order valence-corrected chi connectivity index (χ0v) is 14.6. The van der Waals surface area contributed by atoms with Crippen LogP contribution in [0.1, 0.15) is 17.0 Å². The molecular formula is C18H16FNO4S. The highest BCUT2D eigenvalue weighted by atomic mass is 32.1. The lowest BCUT2D eigenvalue weighted by Gasteiger charge is -2.09. The van der Waals surface area contributed by atoms with E-state index in [-0.39, 0.29) is 13.0 Å². The molecule has 1 aromatic carbocycles. The number of hydrogen-bond acceptors (Lipinski definition) is 6. The second-order valence-corrected chi connectivity index (χ2v) is 6.24. The standard InChI is InChI=1S/C18H16FNO4S/c1-11-14(20-18(24-11)16-4-3-7-25-16)9-17(21)23-10-12-8-13(19)5-6-15(12)22-2/h3-8H,9-10H2,1-2H3. The van der Waals surface area contributed by atoms with Crippen molar-refractivity contribution in [1.82, 2.24) is 4.98 Å². The van der Waals surface area contributed by atoms with Crippen molar-refractivity contribution in [2.24, 2.45) is 0 Å². The molecule has 0 aliphatic carbocycles. The molecule has 3 aromatic rings. The molecule has 0 amide bonds. The van der Waals surface area contributed by atoms with E-state index in [2.05, 4.69) is 4.98 Å². The van der Waals surface area contributed by atoms with E-state index >= 15 is 0 Å². The molecule has 0 fully saturated rings. The van der Waals surface area contributed by atoms with E-state index in [0.29, 0.717) is 28.7 Å². The van der Waals surface area contributed by atoms with Crippen molar-refractivity contribution in [1.29, 1.82) is 0 Å². The van der Waals surface area contributed by atoms with Crippen LogP contribution in [0.2, 0.25) is 0 Å². The second kappa shape index (κ2) is 7.48. The van der Waals surface area contributed by atoms with E-state index in [1.165, 1.54) is 36.6 Å². The maximum absolute atomic E-state index is 13.3. The summed E-state index contributed by atoms with van der Waals surface area (Å²) < 4.78 is 29.3. The number of rotatable bonds is 6. The van der Waals surface area contributed by atoms with Gasteiger partial charge in [0.1, 0.15) is 23.9 Å². The summed E-state index contributed by atoms with van der Waals surface area (Å²) in [6.07, 6.45) is -0.0155. The molecule has 2 heterocycles. The first-order chi connectivity index (χ1) is 12.1. The van der Waals surface area contributed by atoms with Crippen molar-refractivity contribution < 1.29 is 23.1 Å². The summed E-state index contributed by atoms with van der Waals surface area (Å²) in [5.41, 5.74) is 0.992. The Labute approximate surface area is 148 Å². The van der Waals surface area contributed by atoms with Crippen LogP contribution in [0.25, 0.3) is 10.8 Å². The number of aromatic nitrogens is 1. The number of ether oxygens (including phenoxy) is 2. The van der Waals surface area contributed by atoms with Gasteiger partial charge in [0, 0.05) is 5.56 Å². The average molecular weight is 361 g/mol. The van der Waals surface area contributed by atoms with E-state index in [1.54, 1.807) is 6.92 Å². The summed E-state index contributed by atoms with van der Waals surface area (Å²) in [6, 6.07) is 7.86. The molecule has 0 atom stereocenters. The van der Waals surface area contributed by atoms with Gasteiger partial charge in [-0.2, -0.15) is 0 Å². The Balaban J connectivity index is 1.65. The molecule has 5 nitrogen and oxygen atoms in total. The zero-order valence-electron chi connectivity index (χ0n) is 13.7. The van der Waals surface area contributed by atoms with Crippen LogP contribution < -0.4 is 4.74 Å². The van der Waals surface area contributed by atoms with Gasteiger partial charge in [0.15, 0.2) is 0 Å². The minimum Gasteiger partial charge on any atom is -0.496 e. The van der Waals surface area contributed by atoms with Crippen LogP contribution >= 0.6 is 11.3 Å². The minimum atomic E-state index is -0.472. The summed E-state index contributed by atoms with van der Waals surface area (Å²) in [6.45, 7) is 1.68. The molecule has 0 saturated carbocycles. The predicted molar refractivity (Wildman–Crippen MR) is 91.0 cm³/mol. The van der Waals surface area contributed by atoms with Gasteiger partial charge < -0.3 is 13.9 Å². The number of methoxy groups -OCH3 is 1. The highest BCUT2D eigenvalue weighted by Gasteiger charge is 2.16. The molecule has 0 bridgehead atoms. The summed E-state index contributed by atoms with van der Waals surface area (Å²) >= 11 is 1.51. The first-order valence-corrected chi connectivity index (χ1v) is 8.43. The maximum atomic E-state index is 13.3. The van der Waals surface area contributed by atoms with Gasteiger partial charge in [0.25, 0.3) is 0 Å². The number of carbonyl (C=O) groups is 1. The van der Waals surface area contributed by atoms with Crippen molar-refractivity contribution in [2.45, 2.75) is 20.0 Å². The van der Waals surface area contributed by atoms with Crippen LogP contribution in [-0.2, 0) is 22.6 Å². The smallest absolute Gasteiger partial charge is 0.312 e. The lowest BCUT2D eigenvalue weighted by molar-refractivity contribution is -0.144. The third-order valence-corrected chi connectivity index (χ3v) is 4.43. The van der Waals surface area contributed by atoms with Gasteiger partial charge in [-0.25, -0.2) is 9.37 Å².